The number of likely N-dealkylation sites (tertiary alicyclic amines) is 2. The van der Waals surface area contributed by atoms with Crippen molar-refractivity contribution in [1.82, 2.24) is 9.80 Å². The number of nitrogens with zero attached hydrogens (tertiary/aromatic N) is 2. The second-order valence-electron chi connectivity index (χ2n) is 7.20. The van der Waals surface area contributed by atoms with Gasteiger partial charge in [0.2, 0.25) is 0 Å². The molecular weight excluding hydrogens is 264 g/mol. The van der Waals surface area contributed by atoms with Gasteiger partial charge in [0.1, 0.15) is 6.04 Å². The number of aliphatic carboxylic acids is 1. The molecule has 3 aliphatic rings. The molecule has 0 bridgehead atoms. The monoisotopic (exact) mass is 294 g/mol. The predicted molar refractivity (Wildman–Crippen MR) is 83.4 cm³/mol. The van der Waals surface area contributed by atoms with Crippen LogP contribution in [-0.4, -0.2) is 59.1 Å². The van der Waals surface area contributed by atoms with E-state index >= 15 is 0 Å². The average Bonchev–Trinajstić information content (AvgIpc) is 2.88. The van der Waals surface area contributed by atoms with Gasteiger partial charge in [-0.2, -0.15) is 0 Å². The Balaban J connectivity index is 1.52. The second kappa shape index (κ2) is 7.10. The highest BCUT2D eigenvalue weighted by molar-refractivity contribution is 5.74. The van der Waals surface area contributed by atoms with Crippen molar-refractivity contribution in [3.8, 4) is 0 Å². The van der Waals surface area contributed by atoms with E-state index in [1.54, 1.807) is 0 Å². The standard InChI is InChI=1S/C17H30N2O2/c20-17(21)16-13-14-7-2-3-8-15(14)19(16)12-6-11-18-9-4-1-5-10-18/h14-16H,1-13H2,(H,20,21). The van der Waals surface area contributed by atoms with Crippen LogP contribution in [-0.2, 0) is 4.79 Å². The summed E-state index contributed by atoms with van der Waals surface area (Å²) in [6.45, 7) is 4.62. The molecule has 1 N–H and O–H groups in total. The first-order valence-electron chi connectivity index (χ1n) is 8.96. The fourth-order valence-corrected chi connectivity index (χ4v) is 4.78. The molecule has 0 aromatic heterocycles. The molecule has 120 valence electrons. The summed E-state index contributed by atoms with van der Waals surface area (Å²) in [5.41, 5.74) is 0. The van der Waals surface area contributed by atoms with Crippen LogP contribution in [0.1, 0.15) is 57.8 Å². The Bertz CT molecular complexity index is 355. The molecule has 1 saturated carbocycles. The molecule has 3 atom stereocenters. The Hall–Kier alpha value is -0.610. The molecule has 1 aliphatic carbocycles. The van der Waals surface area contributed by atoms with Crippen molar-refractivity contribution in [1.29, 1.82) is 0 Å². The van der Waals surface area contributed by atoms with Gasteiger partial charge in [0.15, 0.2) is 0 Å². The highest BCUT2D eigenvalue weighted by Crippen LogP contribution is 2.39. The summed E-state index contributed by atoms with van der Waals surface area (Å²) in [5, 5.41) is 9.53. The Morgan fingerprint density at radius 2 is 1.76 bits per heavy atom. The molecule has 0 aromatic rings. The lowest BCUT2D eigenvalue weighted by atomic mass is 9.85. The number of piperidine rings is 1. The van der Waals surface area contributed by atoms with Crippen molar-refractivity contribution in [2.75, 3.05) is 26.2 Å². The van der Waals surface area contributed by atoms with Gasteiger partial charge in [-0.1, -0.05) is 19.3 Å². The van der Waals surface area contributed by atoms with E-state index in [1.807, 2.05) is 0 Å². The zero-order chi connectivity index (χ0) is 14.7. The molecule has 0 aromatic carbocycles. The quantitative estimate of drug-likeness (QED) is 0.846. The Labute approximate surface area is 128 Å². The number of hydrogen-bond acceptors (Lipinski definition) is 3. The van der Waals surface area contributed by atoms with Crippen molar-refractivity contribution < 1.29 is 9.90 Å². The molecule has 2 saturated heterocycles. The third-order valence-corrected chi connectivity index (χ3v) is 5.85. The molecule has 2 aliphatic heterocycles. The molecule has 4 heteroatoms. The maximum Gasteiger partial charge on any atom is 0.320 e. The highest BCUT2D eigenvalue weighted by atomic mass is 16.4. The van der Waals surface area contributed by atoms with E-state index in [1.165, 1.54) is 58.0 Å². The molecule has 21 heavy (non-hydrogen) atoms. The largest absolute Gasteiger partial charge is 0.480 e. The van der Waals surface area contributed by atoms with E-state index in [-0.39, 0.29) is 6.04 Å². The van der Waals surface area contributed by atoms with E-state index in [9.17, 15) is 9.90 Å². The van der Waals surface area contributed by atoms with Crippen LogP contribution in [0, 0.1) is 5.92 Å². The molecule has 0 radical (unpaired) electrons. The van der Waals surface area contributed by atoms with Crippen LogP contribution in [0.2, 0.25) is 0 Å². The predicted octanol–water partition coefficient (Wildman–Crippen LogP) is 2.58. The molecule has 4 nitrogen and oxygen atoms in total. The Kier molecular flexibility index (Phi) is 5.17. The van der Waals surface area contributed by atoms with Crippen LogP contribution in [0.3, 0.4) is 0 Å². The fraction of sp³-hybridized carbons (Fsp3) is 0.941. The van der Waals surface area contributed by atoms with Crippen molar-refractivity contribution in [3.05, 3.63) is 0 Å². The summed E-state index contributed by atoms with van der Waals surface area (Å²) in [7, 11) is 0. The van der Waals surface area contributed by atoms with Crippen LogP contribution in [0.15, 0.2) is 0 Å². The van der Waals surface area contributed by atoms with E-state index in [0.717, 1.165) is 25.9 Å². The van der Waals surface area contributed by atoms with Gasteiger partial charge in [-0.3, -0.25) is 9.69 Å². The first-order valence-corrected chi connectivity index (χ1v) is 8.96. The Morgan fingerprint density at radius 3 is 2.52 bits per heavy atom. The lowest BCUT2D eigenvalue weighted by Crippen LogP contribution is -2.43. The average molecular weight is 294 g/mol. The van der Waals surface area contributed by atoms with E-state index < -0.39 is 5.97 Å². The maximum atomic E-state index is 11.6. The smallest absolute Gasteiger partial charge is 0.320 e. The summed E-state index contributed by atoms with van der Waals surface area (Å²) in [5.74, 6) is 0.0530. The number of rotatable bonds is 5. The SMILES string of the molecule is O=C(O)C1CC2CCCCC2N1CCCN1CCCCC1. The molecular formula is C17H30N2O2. The maximum absolute atomic E-state index is 11.6. The van der Waals surface area contributed by atoms with Gasteiger partial charge in [0, 0.05) is 12.6 Å². The third-order valence-electron chi connectivity index (χ3n) is 5.85. The van der Waals surface area contributed by atoms with Crippen LogP contribution in [0.4, 0.5) is 0 Å². The number of carboxylic acid groups (broad SMARTS) is 1. The first-order chi connectivity index (χ1) is 10.3. The molecule has 3 rings (SSSR count). The van der Waals surface area contributed by atoms with Crippen LogP contribution in [0.25, 0.3) is 0 Å². The van der Waals surface area contributed by atoms with Crippen molar-refractivity contribution in [2.24, 2.45) is 5.92 Å². The van der Waals surface area contributed by atoms with Gasteiger partial charge in [0.05, 0.1) is 0 Å². The van der Waals surface area contributed by atoms with Crippen LogP contribution >= 0.6 is 0 Å². The molecule has 3 fully saturated rings. The number of carbonyl (C=O) groups is 1. The summed E-state index contributed by atoms with van der Waals surface area (Å²) < 4.78 is 0. The minimum absolute atomic E-state index is 0.209. The van der Waals surface area contributed by atoms with Crippen molar-refractivity contribution >= 4 is 5.97 Å². The normalized spacial score (nSPS) is 34.8. The molecule has 3 unspecified atom stereocenters. The lowest BCUT2D eigenvalue weighted by Gasteiger charge is -2.34. The van der Waals surface area contributed by atoms with E-state index in [2.05, 4.69) is 9.80 Å². The Morgan fingerprint density at radius 1 is 1.00 bits per heavy atom. The summed E-state index contributed by atoms with van der Waals surface area (Å²) >= 11 is 0. The van der Waals surface area contributed by atoms with Crippen molar-refractivity contribution in [3.63, 3.8) is 0 Å². The van der Waals surface area contributed by atoms with Crippen LogP contribution < -0.4 is 0 Å². The zero-order valence-electron chi connectivity index (χ0n) is 13.2. The number of carboxylic acids is 1. The van der Waals surface area contributed by atoms with Crippen LogP contribution in [0.5, 0.6) is 0 Å². The molecule has 0 spiro atoms. The van der Waals surface area contributed by atoms with Gasteiger partial charge < -0.3 is 10.0 Å². The van der Waals surface area contributed by atoms with Gasteiger partial charge >= 0.3 is 5.97 Å². The van der Waals surface area contributed by atoms with Crippen molar-refractivity contribution in [2.45, 2.75) is 69.9 Å². The second-order valence-corrected chi connectivity index (χ2v) is 7.20. The minimum atomic E-state index is -0.595. The fourth-order valence-electron chi connectivity index (χ4n) is 4.78. The van der Waals surface area contributed by atoms with Gasteiger partial charge in [-0.15, -0.1) is 0 Å². The number of hydrogen-bond donors (Lipinski definition) is 1. The van der Waals surface area contributed by atoms with E-state index in [0.29, 0.717) is 12.0 Å². The highest BCUT2D eigenvalue weighted by Gasteiger charge is 2.44. The molecule has 2 heterocycles. The number of fused-ring (bicyclic) bond motifs is 1. The lowest BCUT2D eigenvalue weighted by molar-refractivity contribution is -0.142. The third kappa shape index (κ3) is 3.59. The molecule has 0 amide bonds. The summed E-state index contributed by atoms with van der Waals surface area (Å²) in [4.78, 5) is 16.5. The van der Waals surface area contributed by atoms with Gasteiger partial charge in [-0.05, 0) is 64.1 Å². The van der Waals surface area contributed by atoms with E-state index in [4.69, 9.17) is 0 Å². The zero-order valence-corrected chi connectivity index (χ0v) is 13.2. The first kappa shape index (κ1) is 15.3. The summed E-state index contributed by atoms with van der Waals surface area (Å²) in [6.07, 6.45) is 11.1. The topological polar surface area (TPSA) is 43.8 Å². The summed E-state index contributed by atoms with van der Waals surface area (Å²) in [6, 6.07) is 0.348. The minimum Gasteiger partial charge on any atom is -0.480 e. The van der Waals surface area contributed by atoms with Gasteiger partial charge in [0.25, 0.3) is 0 Å². The van der Waals surface area contributed by atoms with Gasteiger partial charge in [-0.25, -0.2) is 0 Å².